The summed E-state index contributed by atoms with van der Waals surface area (Å²) in [4.78, 5) is 28.8. The van der Waals surface area contributed by atoms with Gasteiger partial charge in [-0.05, 0) is 51.5 Å². The first-order chi connectivity index (χ1) is 11.3. The van der Waals surface area contributed by atoms with Crippen LogP contribution in [0.3, 0.4) is 0 Å². The van der Waals surface area contributed by atoms with Crippen LogP contribution in [0.15, 0.2) is 5.38 Å². The van der Waals surface area contributed by atoms with E-state index in [9.17, 15) is 9.59 Å². The fourth-order valence-corrected chi connectivity index (χ4v) is 5.72. The molecule has 0 spiro atoms. The van der Waals surface area contributed by atoms with E-state index >= 15 is 0 Å². The van der Waals surface area contributed by atoms with E-state index in [1.165, 1.54) is 10.4 Å². The van der Waals surface area contributed by atoms with Gasteiger partial charge in [-0.25, -0.2) is 0 Å². The average molecular weight is 367 g/mol. The molecule has 0 aromatic carbocycles. The van der Waals surface area contributed by atoms with Crippen LogP contribution in [0.2, 0.25) is 0 Å². The maximum Gasteiger partial charge on any atom is 0.256 e. The highest BCUT2D eigenvalue weighted by molar-refractivity contribution is 7.99. The Morgan fingerprint density at radius 2 is 2.08 bits per heavy atom. The second-order valence-corrected chi connectivity index (χ2v) is 9.89. The molecule has 1 aromatic rings. The zero-order valence-electron chi connectivity index (χ0n) is 14.8. The van der Waals surface area contributed by atoms with E-state index in [1.807, 2.05) is 26.2 Å². The number of rotatable bonds is 2. The molecule has 1 aliphatic heterocycles. The number of fused-ring (bicyclic) bond motifs is 1. The second-order valence-electron chi connectivity index (χ2n) is 7.93. The Labute approximate surface area is 152 Å². The van der Waals surface area contributed by atoms with Crippen molar-refractivity contribution in [1.29, 1.82) is 0 Å². The Bertz CT molecular complexity index is 648. The predicted molar refractivity (Wildman–Crippen MR) is 101 cm³/mol. The van der Waals surface area contributed by atoms with Gasteiger partial charge >= 0.3 is 0 Å². The van der Waals surface area contributed by atoms with Crippen molar-refractivity contribution >= 4 is 34.9 Å². The SMILES string of the molecule is CC1CCc2c(C(=O)N3CSCC3C(=O)NC(C)(C)C)csc2C1. The van der Waals surface area contributed by atoms with Crippen LogP contribution < -0.4 is 5.32 Å². The minimum atomic E-state index is -0.361. The third kappa shape index (κ3) is 3.64. The molecule has 0 radical (unpaired) electrons. The first-order valence-electron chi connectivity index (χ1n) is 8.56. The summed E-state index contributed by atoms with van der Waals surface area (Å²) in [6.45, 7) is 8.18. The highest BCUT2D eigenvalue weighted by Gasteiger charge is 2.37. The van der Waals surface area contributed by atoms with Gasteiger partial charge in [-0.2, -0.15) is 0 Å². The smallest absolute Gasteiger partial charge is 0.256 e. The first kappa shape index (κ1) is 17.8. The van der Waals surface area contributed by atoms with E-state index in [0.29, 0.717) is 17.5 Å². The van der Waals surface area contributed by atoms with Crippen LogP contribution in [-0.2, 0) is 17.6 Å². The molecule has 3 rings (SSSR count). The highest BCUT2D eigenvalue weighted by Crippen LogP contribution is 2.34. The van der Waals surface area contributed by atoms with Crippen LogP contribution in [0, 0.1) is 5.92 Å². The molecule has 1 fully saturated rings. The number of thiophene rings is 1. The van der Waals surface area contributed by atoms with Gasteiger partial charge in [-0.1, -0.05) is 6.92 Å². The fraction of sp³-hybridized carbons (Fsp3) is 0.667. The quantitative estimate of drug-likeness (QED) is 0.874. The summed E-state index contributed by atoms with van der Waals surface area (Å²) in [5.74, 6) is 1.96. The van der Waals surface area contributed by atoms with E-state index in [-0.39, 0.29) is 23.4 Å². The number of carbonyl (C=O) groups excluding carboxylic acids is 2. The highest BCUT2D eigenvalue weighted by atomic mass is 32.2. The Kier molecular flexibility index (Phi) is 4.98. The second kappa shape index (κ2) is 6.71. The molecule has 6 heteroatoms. The number of hydrogen-bond acceptors (Lipinski definition) is 4. The maximum absolute atomic E-state index is 13.1. The normalized spacial score (nSPS) is 23.9. The molecule has 2 heterocycles. The number of carbonyl (C=O) groups is 2. The van der Waals surface area contributed by atoms with Crippen LogP contribution in [-0.4, -0.2) is 39.9 Å². The van der Waals surface area contributed by atoms with Gasteiger partial charge in [0.2, 0.25) is 5.91 Å². The number of thioether (sulfide) groups is 1. The molecule has 0 saturated carbocycles. The van der Waals surface area contributed by atoms with Crippen molar-refractivity contribution in [3.63, 3.8) is 0 Å². The molecule has 132 valence electrons. The Hall–Kier alpha value is -1.01. The van der Waals surface area contributed by atoms with E-state index in [4.69, 9.17) is 0 Å². The molecule has 1 aromatic heterocycles. The van der Waals surface area contributed by atoms with Gasteiger partial charge in [0.1, 0.15) is 6.04 Å². The number of nitrogens with one attached hydrogen (secondary N) is 1. The van der Waals surface area contributed by atoms with E-state index in [1.54, 1.807) is 28.0 Å². The van der Waals surface area contributed by atoms with Crippen molar-refractivity contribution in [3.8, 4) is 0 Å². The minimum Gasteiger partial charge on any atom is -0.350 e. The zero-order valence-corrected chi connectivity index (χ0v) is 16.5. The van der Waals surface area contributed by atoms with Crippen LogP contribution in [0.25, 0.3) is 0 Å². The monoisotopic (exact) mass is 366 g/mol. The van der Waals surface area contributed by atoms with Gasteiger partial charge in [-0.3, -0.25) is 9.59 Å². The Balaban J connectivity index is 1.78. The fourth-order valence-electron chi connectivity index (χ4n) is 3.32. The zero-order chi connectivity index (χ0) is 17.5. The number of amides is 2. The van der Waals surface area contributed by atoms with Gasteiger partial charge in [0.15, 0.2) is 0 Å². The molecule has 1 saturated heterocycles. The lowest BCUT2D eigenvalue weighted by atomic mass is 9.88. The number of hydrogen-bond donors (Lipinski definition) is 1. The predicted octanol–water partition coefficient (Wildman–Crippen LogP) is 3.30. The van der Waals surface area contributed by atoms with E-state index < -0.39 is 0 Å². The molecule has 2 atom stereocenters. The summed E-state index contributed by atoms with van der Waals surface area (Å²) >= 11 is 3.36. The summed E-state index contributed by atoms with van der Waals surface area (Å²) in [5.41, 5.74) is 1.78. The van der Waals surface area contributed by atoms with Gasteiger partial charge in [0.25, 0.3) is 5.91 Å². The lowest BCUT2D eigenvalue weighted by molar-refractivity contribution is -0.125. The molecule has 1 aliphatic carbocycles. The van der Waals surface area contributed by atoms with Crippen molar-refractivity contribution in [3.05, 3.63) is 21.4 Å². The number of nitrogens with zero attached hydrogens (tertiary/aromatic N) is 1. The Morgan fingerprint density at radius 1 is 1.33 bits per heavy atom. The molecular weight excluding hydrogens is 340 g/mol. The molecular formula is C18H26N2O2S2. The minimum absolute atomic E-state index is 0.0288. The van der Waals surface area contributed by atoms with Crippen LogP contribution >= 0.6 is 23.1 Å². The van der Waals surface area contributed by atoms with Gasteiger partial charge in [0.05, 0.1) is 11.4 Å². The lowest BCUT2D eigenvalue weighted by Crippen LogP contribution is -2.52. The third-order valence-corrected chi connectivity index (χ3v) is 6.64. The maximum atomic E-state index is 13.1. The summed E-state index contributed by atoms with van der Waals surface area (Å²) in [7, 11) is 0. The molecule has 4 nitrogen and oxygen atoms in total. The van der Waals surface area contributed by atoms with Crippen molar-refractivity contribution in [2.24, 2.45) is 5.92 Å². The molecule has 2 amide bonds. The van der Waals surface area contributed by atoms with Crippen LogP contribution in [0.5, 0.6) is 0 Å². The molecule has 2 unspecified atom stereocenters. The Morgan fingerprint density at radius 3 is 2.79 bits per heavy atom. The van der Waals surface area contributed by atoms with Gasteiger partial charge < -0.3 is 10.2 Å². The van der Waals surface area contributed by atoms with Gasteiger partial charge in [0, 0.05) is 21.5 Å². The van der Waals surface area contributed by atoms with Crippen molar-refractivity contribution in [2.75, 3.05) is 11.6 Å². The first-order valence-corrected chi connectivity index (χ1v) is 10.6. The molecule has 0 bridgehead atoms. The lowest BCUT2D eigenvalue weighted by Gasteiger charge is -2.28. The van der Waals surface area contributed by atoms with Crippen molar-refractivity contribution in [1.82, 2.24) is 10.2 Å². The van der Waals surface area contributed by atoms with Crippen molar-refractivity contribution in [2.45, 2.75) is 58.5 Å². The molecule has 1 N–H and O–H groups in total. The largest absolute Gasteiger partial charge is 0.350 e. The standard InChI is InChI=1S/C18H26N2O2S2/c1-11-5-6-12-13(8-24-15(12)7-11)17(22)20-10-23-9-14(20)16(21)19-18(2,3)4/h8,11,14H,5-7,9-10H2,1-4H3,(H,19,21). The topological polar surface area (TPSA) is 49.4 Å². The summed E-state index contributed by atoms with van der Waals surface area (Å²) in [6.07, 6.45) is 3.21. The van der Waals surface area contributed by atoms with Crippen molar-refractivity contribution < 1.29 is 9.59 Å². The summed E-state index contributed by atoms with van der Waals surface area (Å²) < 4.78 is 0. The van der Waals surface area contributed by atoms with Crippen LogP contribution in [0.4, 0.5) is 0 Å². The molecule has 24 heavy (non-hydrogen) atoms. The van der Waals surface area contributed by atoms with Crippen LogP contribution in [0.1, 0.15) is 54.9 Å². The average Bonchev–Trinajstić information content (AvgIpc) is 3.11. The van der Waals surface area contributed by atoms with Gasteiger partial charge in [-0.15, -0.1) is 23.1 Å². The summed E-state index contributed by atoms with van der Waals surface area (Å²) in [6, 6.07) is -0.361. The molecule has 2 aliphatic rings. The van der Waals surface area contributed by atoms with E-state index in [0.717, 1.165) is 24.8 Å². The third-order valence-electron chi connectivity index (χ3n) is 4.58. The summed E-state index contributed by atoms with van der Waals surface area (Å²) in [5, 5.41) is 5.02. The van der Waals surface area contributed by atoms with E-state index in [2.05, 4.69) is 12.2 Å².